The lowest BCUT2D eigenvalue weighted by molar-refractivity contribution is -0.384. The molecule has 0 aliphatic rings. The number of hydrogen-bond acceptors (Lipinski definition) is 4. The number of nitro groups is 1. The summed E-state index contributed by atoms with van der Waals surface area (Å²) >= 11 is 0. The van der Waals surface area contributed by atoms with Crippen LogP contribution in [0.3, 0.4) is 0 Å². The minimum absolute atomic E-state index is 0.275. The number of anilines is 1. The van der Waals surface area contributed by atoms with Crippen LogP contribution in [0.4, 0.5) is 15.8 Å². The highest BCUT2D eigenvalue weighted by atomic mass is 19.1. The Morgan fingerprint density at radius 1 is 1.58 bits per heavy atom. The van der Waals surface area contributed by atoms with Crippen LogP contribution in [-0.2, 0) is 4.74 Å². The van der Waals surface area contributed by atoms with E-state index in [0.717, 1.165) is 11.6 Å². The van der Waals surface area contributed by atoms with Gasteiger partial charge in [0, 0.05) is 6.54 Å². The Hall–Kier alpha value is -1.95. The highest BCUT2D eigenvalue weighted by Gasteiger charge is 2.16. The molecule has 1 N–H and O–H groups in total. The molecule has 0 radical (unpaired) electrons. The van der Waals surface area contributed by atoms with Gasteiger partial charge in [0.1, 0.15) is 11.5 Å². The monoisotopic (exact) mass is 268 g/mol. The molecule has 0 aliphatic carbocycles. The fraction of sp³-hybridized carbons (Fsp3) is 0.385. The molecule has 0 aliphatic heterocycles. The van der Waals surface area contributed by atoms with Crippen LogP contribution in [0.5, 0.6) is 0 Å². The number of nitro benzene ring substituents is 1. The molecular weight excluding hydrogens is 251 g/mol. The molecule has 1 aromatic carbocycles. The second-order valence-corrected chi connectivity index (χ2v) is 4.31. The van der Waals surface area contributed by atoms with Gasteiger partial charge in [-0.2, -0.15) is 0 Å². The van der Waals surface area contributed by atoms with Crippen LogP contribution in [0.2, 0.25) is 0 Å². The number of rotatable bonds is 7. The number of ether oxygens (including phenoxy) is 1. The number of nitrogens with one attached hydrogen (secondary N) is 1. The van der Waals surface area contributed by atoms with Gasteiger partial charge in [0.05, 0.1) is 24.2 Å². The summed E-state index contributed by atoms with van der Waals surface area (Å²) in [4.78, 5) is 10.2. The maximum Gasteiger partial charge on any atom is 0.295 e. The summed E-state index contributed by atoms with van der Waals surface area (Å²) in [6.07, 6.45) is 0. The van der Waals surface area contributed by atoms with Crippen LogP contribution in [0.1, 0.15) is 12.5 Å². The standard InChI is InChI=1S/C13H17FN2O3/c1-9(2)8-19-5-4-15-12-6-10(3)11(14)7-13(12)16(17)18/h6-7,15H,1,4-5,8H2,2-3H3. The highest BCUT2D eigenvalue weighted by molar-refractivity contribution is 5.63. The Balaban J connectivity index is 2.64. The van der Waals surface area contributed by atoms with Crippen LogP contribution in [0.25, 0.3) is 0 Å². The van der Waals surface area contributed by atoms with Crippen molar-refractivity contribution in [2.75, 3.05) is 25.1 Å². The third kappa shape index (κ3) is 4.67. The first kappa shape index (κ1) is 15.1. The Kier molecular flexibility index (Phi) is 5.44. The fourth-order valence-corrected chi connectivity index (χ4v) is 1.47. The van der Waals surface area contributed by atoms with E-state index in [1.807, 2.05) is 6.92 Å². The predicted octanol–water partition coefficient (Wildman–Crippen LogP) is 3.05. The van der Waals surface area contributed by atoms with E-state index in [9.17, 15) is 14.5 Å². The summed E-state index contributed by atoms with van der Waals surface area (Å²) in [6, 6.07) is 2.35. The average molecular weight is 268 g/mol. The molecule has 6 heteroatoms. The zero-order chi connectivity index (χ0) is 14.4. The number of hydrogen-bond donors (Lipinski definition) is 1. The molecule has 0 unspecified atom stereocenters. The molecule has 1 rings (SSSR count). The van der Waals surface area contributed by atoms with Crippen molar-refractivity contribution in [3.8, 4) is 0 Å². The Bertz CT molecular complexity index is 489. The lowest BCUT2D eigenvalue weighted by Crippen LogP contribution is -2.11. The van der Waals surface area contributed by atoms with E-state index in [0.29, 0.717) is 31.0 Å². The van der Waals surface area contributed by atoms with Gasteiger partial charge >= 0.3 is 0 Å². The molecule has 0 heterocycles. The summed E-state index contributed by atoms with van der Waals surface area (Å²) in [5.74, 6) is -0.587. The summed E-state index contributed by atoms with van der Waals surface area (Å²) in [5, 5.41) is 13.7. The molecule has 0 bridgehead atoms. The van der Waals surface area contributed by atoms with E-state index in [1.54, 1.807) is 6.92 Å². The molecule has 0 aromatic heterocycles. The Morgan fingerprint density at radius 2 is 2.26 bits per heavy atom. The van der Waals surface area contributed by atoms with Crippen molar-refractivity contribution in [2.24, 2.45) is 0 Å². The van der Waals surface area contributed by atoms with Gasteiger partial charge in [-0.05, 0) is 25.5 Å². The molecule has 0 saturated heterocycles. The molecular formula is C13H17FN2O3. The van der Waals surface area contributed by atoms with Crippen LogP contribution in [0, 0.1) is 22.9 Å². The highest BCUT2D eigenvalue weighted by Crippen LogP contribution is 2.27. The number of benzene rings is 1. The van der Waals surface area contributed by atoms with Gasteiger partial charge in [-0.3, -0.25) is 10.1 Å². The van der Waals surface area contributed by atoms with E-state index in [2.05, 4.69) is 11.9 Å². The lowest BCUT2D eigenvalue weighted by Gasteiger charge is -2.09. The first-order valence-corrected chi connectivity index (χ1v) is 5.82. The smallest absolute Gasteiger partial charge is 0.295 e. The van der Waals surface area contributed by atoms with E-state index >= 15 is 0 Å². The lowest BCUT2D eigenvalue weighted by atomic mass is 10.2. The quantitative estimate of drug-likeness (QED) is 0.357. The van der Waals surface area contributed by atoms with Gasteiger partial charge in [-0.25, -0.2) is 4.39 Å². The predicted molar refractivity (Wildman–Crippen MR) is 71.9 cm³/mol. The van der Waals surface area contributed by atoms with Gasteiger partial charge < -0.3 is 10.1 Å². The molecule has 1 aromatic rings. The fourth-order valence-electron chi connectivity index (χ4n) is 1.47. The molecule has 0 saturated carbocycles. The first-order chi connectivity index (χ1) is 8.91. The largest absolute Gasteiger partial charge is 0.377 e. The van der Waals surface area contributed by atoms with Crippen molar-refractivity contribution >= 4 is 11.4 Å². The van der Waals surface area contributed by atoms with Crippen molar-refractivity contribution in [1.29, 1.82) is 0 Å². The van der Waals surface area contributed by atoms with Gasteiger partial charge in [0.15, 0.2) is 0 Å². The number of nitrogens with zero attached hydrogens (tertiary/aromatic N) is 1. The van der Waals surface area contributed by atoms with Crippen LogP contribution >= 0.6 is 0 Å². The summed E-state index contributed by atoms with van der Waals surface area (Å²) in [5.41, 5.74) is 1.28. The molecule has 0 amide bonds. The molecule has 0 atom stereocenters. The summed E-state index contributed by atoms with van der Waals surface area (Å²) < 4.78 is 18.5. The third-order valence-electron chi connectivity index (χ3n) is 2.38. The maximum atomic E-state index is 13.3. The summed E-state index contributed by atoms with van der Waals surface area (Å²) in [7, 11) is 0. The van der Waals surface area contributed by atoms with Crippen LogP contribution in [0.15, 0.2) is 24.3 Å². The second kappa shape index (κ2) is 6.84. The van der Waals surface area contributed by atoms with E-state index in [4.69, 9.17) is 4.74 Å². The Morgan fingerprint density at radius 3 is 2.84 bits per heavy atom. The van der Waals surface area contributed by atoms with Crippen molar-refractivity contribution in [3.05, 3.63) is 45.8 Å². The average Bonchev–Trinajstić information content (AvgIpc) is 2.32. The molecule has 0 spiro atoms. The molecule has 5 nitrogen and oxygen atoms in total. The molecule has 19 heavy (non-hydrogen) atoms. The topological polar surface area (TPSA) is 64.4 Å². The van der Waals surface area contributed by atoms with Gasteiger partial charge in [0.2, 0.25) is 0 Å². The van der Waals surface area contributed by atoms with Crippen LogP contribution < -0.4 is 5.32 Å². The third-order valence-corrected chi connectivity index (χ3v) is 2.38. The van der Waals surface area contributed by atoms with Gasteiger partial charge in [-0.15, -0.1) is 0 Å². The molecule has 104 valence electrons. The Labute approximate surface area is 111 Å². The van der Waals surface area contributed by atoms with Crippen molar-refractivity contribution in [1.82, 2.24) is 0 Å². The number of aryl methyl sites for hydroxylation is 1. The van der Waals surface area contributed by atoms with Crippen LogP contribution in [-0.4, -0.2) is 24.7 Å². The minimum atomic E-state index is -0.612. The summed E-state index contributed by atoms with van der Waals surface area (Å²) in [6.45, 7) is 8.34. The number of halogens is 1. The van der Waals surface area contributed by atoms with Crippen molar-refractivity contribution in [2.45, 2.75) is 13.8 Å². The maximum absolute atomic E-state index is 13.3. The van der Waals surface area contributed by atoms with Crippen molar-refractivity contribution in [3.63, 3.8) is 0 Å². The van der Waals surface area contributed by atoms with Crippen molar-refractivity contribution < 1.29 is 14.1 Å². The van der Waals surface area contributed by atoms with Gasteiger partial charge in [0.25, 0.3) is 5.69 Å². The minimum Gasteiger partial charge on any atom is -0.377 e. The zero-order valence-corrected chi connectivity index (χ0v) is 11.0. The first-order valence-electron chi connectivity index (χ1n) is 5.82. The van der Waals surface area contributed by atoms with E-state index < -0.39 is 10.7 Å². The van der Waals surface area contributed by atoms with Gasteiger partial charge in [-0.1, -0.05) is 12.2 Å². The second-order valence-electron chi connectivity index (χ2n) is 4.31. The normalized spacial score (nSPS) is 10.3. The zero-order valence-electron chi connectivity index (χ0n) is 11.0. The molecule has 0 fully saturated rings. The van der Waals surface area contributed by atoms with E-state index in [1.165, 1.54) is 6.07 Å². The SMILES string of the molecule is C=C(C)COCCNc1cc(C)c(F)cc1[N+](=O)[O-]. The van der Waals surface area contributed by atoms with E-state index in [-0.39, 0.29) is 5.69 Å².